The molecule has 0 aromatic carbocycles. The van der Waals surface area contributed by atoms with Crippen LogP contribution in [0.3, 0.4) is 0 Å². The van der Waals surface area contributed by atoms with E-state index < -0.39 is 0 Å². The lowest BCUT2D eigenvalue weighted by Crippen LogP contribution is -2.33. The van der Waals surface area contributed by atoms with E-state index in [-0.39, 0.29) is 18.1 Å². The number of pyridine rings is 1. The summed E-state index contributed by atoms with van der Waals surface area (Å²) in [4.78, 5) is 36.4. The lowest BCUT2D eigenvalue weighted by atomic mass is 10.1. The van der Waals surface area contributed by atoms with Gasteiger partial charge in [0, 0.05) is 62.9 Å². The fourth-order valence-corrected chi connectivity index (χ4v) is 4.16. The predicted octanol–water partition coefficient (Wildman–Crippen LogP) is 1.83. The number of amides is 1. The van der Waals surface area contributed by atoms with E-state index >= 15 is 0 Å². The fraction of sp³-hybridized carbons (Fsp3) is 0.435. The minimum atomic E-state index is -0.383. The molecule has 10 nitrogen and oxygen atoms in total. The first-order valence-corrected chi connectivity index (χ1v) is 11.0. The van der Waals surface area contributed by atoms with E-state index in [1.165, 1.54) is 4.68 Å². The predicted molar refractivity (Wildman–Crippen MR) is 126 cm³/mol. The van der Waals surface area contributed by atoms with Gasteiger partial charge in [0.15, 0.2) is 5.82 Å². The van der Waals surface area contributed by atoms with Crippen molar-refractivity contribution in [2.45, 2.75) is 33.1 Å². The molecule has 0 radical (unpaired) electrons. The maximum absolute atomic E-state index is 13.2. The van der Waals surface area contributed by atoms with E-state index in [4.69, 9.17) is 5.11 Å². The average Bonchev–Trinajstić information content (AvgIpc) is 3.39. The second-order valence-electron chi connectivity index (χ2n) is 8.68. The first kappa shape index (κ1) is 22.7. The molecular formula is C23H29N7O3. The summed E-state index contributed by atoms with van der Waals surface area (Å²) in [6, 6.07) is 3.29. The van der Waals surface area contributed by atoms with Crippen molar-refractivity contribution in [3.05, 3.63) is 51.7 Å². The van der Waals surface area contributed by atoms with E-state index in [2.05, 4.69) is 27.1 Å². The second kappa shape index (κ2) is 9.14. The van der Waals surface area contributed by atoms with Crippen molar-refractivity contribution in [2.75, 3.05) is 18.1 Å². The molecule has 0 aliphatic carbocycles. The Labute approximate surface area is 191 Å². The number of amidine groups is 1. The highest BCUT2D eigenvalue weighted by molar-refractivity contribution is 6.12. The molecule has 1 amide bonds. The van der Waals surface area contributed by atoms with Crippen molar-refractivity contribution < 1.29 is 9.90 Å². The number of carbonyl (C=O) groups excluding carboxylic acids is 1. The molecule has 0 saturated carbocycles. The van der Waals surface area contributed by atoms with E-state index in [0.29, 0.717) is 47.2 Å². The average molecular weight is 452 g/mol. The molecule has 1 aliphatic rings. The van der Waals surface area contributed by atoms with Gasteiger partial charge in [-0.1, -0.05) is 6.92 Å². The van der Waals surface area contributed by atoms with Gasteiger partial charge in [0.25, 0.3) is 11.5 Å². The number of anilines is 1. The number of aryl methyl sites for hydroxylation is 3. The van der Waals surface area contributed by atoms with Crippen LogP contribution in [0.4, 0.5) is 5.82 Å². The van der Waals surface area contributed by atoms with E-state index in [1.54, 1.807) is 37.0 Å². The number of hydrogen-bond donors (Lipinski definition) is 2. The smallest absolute Gasteiger partial charge is 0.278 e. The molecule has 174 valence electrons. The van der Waals surface area contributed by atoms with Crippen LogP contribution in [0.5, 0.6) is 0 Å². The van der Waals surface area contributed by atoms with Gasteiger partial charge < -0.3 is 15.1 Å². The van der Waals surface area contributed by atoms with Crippen LogP contribution in [0.25, 0.3) is 11.3 Å². The molecule has 0 saturated heterocycles. The number of H-pyrrole nitrogens is 1. The summed E-state index contributed by atoms with van der Waals surface area (Å²) in [5, 5.41) is 16.6. The molecule has 1 atom stereocenters. The number of rotatable bonds is 7. The molecule has 2 N–H and O–H groups in total. The topological polar surface area (TPSA) is 121 Å². The number of aliphatic imine (C=N–C) groups is 1. The van der Waals surface area contributed by atoms with Gasteiger partial charge in [0.05, 0.1) is 11.3 Å². The third-order valence-electron chi connectivity index (χ3n) is 5.79. The van der Waals surface area contributed by atoms with E-state index in [0.717, 1.165) is 24.2 Å². The van der Waals surface area contributed by atoms with Crippen molar-refractivity contribution >= 4 is 17.6 Å². The number of aromatic amines is 1. The zero-order valence-electron chi connectivity index (χ0n) is 19.4. The number of nitrogens with zero attached hydrogens (tertiary/aromatic N) is 6. The summed E-state index contributed by atoms with van der Waals surface area (Å²) in [6.07, 6.45) is 5.65. The highest BCUT2D eigenvalue weighted by Gasteiger charge is 2.30. The molecule has 3 aromatic rings. The van der Waals surface area contributed by atoms with Crippen LogP contribution in [-0.4, -0.2) is 54.5 Å². The number of hydrogen-bond acceptors (Lipinski definition) is 5. The van der Waals surface area contributed by atoms with Crippen LogP contribution in [-0.2, 0) is 20.5 Å². The van der Waals surface area contributed by atoms with Crippen LogP contribution in [0.15, 0.2) is 34.3 Å². The zero-order chi connectivity index (χ0) is 23.7. The molecular weight excluding hydrogens is 422 g/mol. The van der Waals surface area contributed by atoms with Gasteiger partial charge in [-0.15, -0.1) is 0 Å². The number of aliphatic hydroxyl groups is 1. The van der Waals surface area contributed by atoms with Gasteiger partial charge in [0.1, 0.15) is 5.84 Å². The summed E-state index contributed by atoms with van der Waals surface area (Å²) < 4.78 is 3.13. The molecule has 4 rings (SSSR count). The number of carbonyl (C=O) groups is 1. The Balaban J connectivity index is 1.64. The normalized spacial score (nSPS) is 15.3. The molecule has 0 unspecified atom stereocenters. The third kappa shape index (κ3) is 4.65. The number of fused-ring (bicyclic) bond motifs is 1. The lowest BCUT2D eigenvalue weighted by Gasteiger charge is -2.22. The van der Waals surface area contributed by atoms with Crippen molar-refractivity contribution in [1.29, 1.82) is 0 Å². The summed E-state index contributed by atoms with van der Waals surface area (Å²) >= 11 is 0. The van der Waals surface area contributed by atoms with Crippen LogP contribution in [0.1, 0.15) is 41.4 Å². The lowest BCUT2D eigenvalue weighted by molar-refractivity contribution is 0.100. The van der Waals surface area contributed by atoms with Gasteiger partial charge in [-0.25, -0.2) is 0 Å². The number of aromatic nitrogens is 5. The Morgan fingerprint density at radius 1 is 1.33 bits per heavy atom. The highest BCUT2D eigenvalue weighted by atomic mass is 16.3. The van der Waals surface area contributed by atoms with Gasteiger partial charge in [-0.3, -0.25) is 23.9 Å². The summed E-state index contributed by atoms with van der Waals surface area (Å²) in [7, 11) is 3.50. The van der Waals surface area contributed by atoms with Gasteiger partial charge in [-0.2, -0.15) is 10.1 Å². The zero-order valence-corrected chi connectivity index (χ0v) is 19.4. The van der Waals surface area contributed by atoms with Gasteiger partial charge >= 0.3 is 0 Å². The fourth-order valence-electron chi connectivity index (χ4n) is 4.16. The van der Waals surface area contributed by atoms with Crippen molar-refractivity contribution in [3.63, 3.8) is 0 Å². The second-order valence-corrected chi connectivity index (χ2v) is 8.68. The van der Waals surface area contributed by atoms with Crippen LogP contribution in [0.2, 0.25) is 0 Å². The first-order chi connectivity index (χ1) is 15.8. The van der Waals surface area contributed by atoms with Crippen LogP contribution >= 0.6 is 0 Å². The SMILES string of the molecule is Cc1cc(C(=O)N=C2Cc3cn(C)nc3N2C[C@H](C)CCCO)cc(-c2c[nH]n(C)c2=O)n1. The molecule has 10 heteroatoms. The monoisotopic (exact) mass is 451 g/mol. The molecule has 0 fully saturated rings. The summed E-state index contributed by atoms with van der Waals surface area (Å²) in [5.41, 5.74) is 2.67. The maximum atomic E-state index is 13.2. The Kier molecular flexibility index (Phi) is 6.28. The molecule has 3 aromatic heterocycles. The maximum Gasteiger partial charge on any atom is 0.278 e. The van der Waals surface area contributed by atoms with Gasteiger partial charge in [-0.05, 0) is 37.8 Å². The Morgan fingerprint density at radius 2 is 2.12 bits per heavy atom. The quantitative estimate of drug-likeness (QED) is 0.565. The third-order valence-corrected chi connectivity index (χ3v) is 5.79. The molecule has 33 heavy (non-hydrogen) atoms. The summed E-state index contributed by atoms with van der Waals surface area (Å²) in [5.74, 6) is 1.39. The van der Waals surface area contributed by atoms with Crippen LogP contribution < -0.4 is 10.5 Å². The Bertz CT molecular complexity index is 1270. The minimum absolute atomic E-state index is 0.159. The number of aliphatic hydroxyl groups excluding tert-OH is 1. The highest BCUT2D eigenvalue weighted by Crippen LogP contribution is 2.29. The first-order valence-electron chi connectivity index (χ1n) is 11.0. The largest absolute Gasteiger partial charge is 0.396 e. The molecule has 0 spiro atoms. The Morgan fingerprint density at radius 3 is 2.82 bits per heavy atom. The molecule has 0 bridgehead atoms. The summed E-state index contributed by atoms with van der Waals surface area (Å²) in [6.45, 7) is 4.73. The Hall–Kier alpha value is -3.53. The van der Waals surface area contributed by atoms with Crippen molar-refractivity contribution in [3.8, 4) is 11.3 Å². The number of nitrogens with one attached hydrogen (secondary N) is 1. The molecule has 1 aliphatic heterocycles. The van der Waals surface area contributed by atoms with Crippen LogP contribution in [0, 0.1) is 12.8 Å². The van der Waals surface area contributed by atoms with Crippen molar-refractivity contribution in [2.24, 2.45) is 25.0 Å². The van der Waals surface area contributed by atoms with E-state index in [1.807, 2.05) is 18.1 Å². The van der Waals surface area contributed by atoms with Crippen molar-refractivity contribution in [1.82, 2.24) is 24.5 Å². The van der Waals surface area contributed by atoms with E-state index in [9.17, 15) is 9.59 Å². The minimum Gasteiger partial charge on any atom is -0.396 e. The van der Waals surface area contributed by atoms with Gasteiger partial charge in [0.2, 0.25) is 0 Å². The molecule has 4 heterocycles. The standard InChI is InChI=1S/C23H29N7O3/c1-14(6-5-7-31)12-30-20(10-17-13-28(3)27-21(17)30)26-22(32)16-8-15(2)25-19(9-16)18-11-24-29(4)23(18)33/h8-9,11,13-14,24,31H,5-7,10,12H2,1-4H3/t14-/m1/s1.